The van der Waals surface area contributed by atoms with Crippen molar-refractivity contribution in [3.63, 3.8) is 0 Å². The van der Waals surface area contributed by atoms with Gasteiger partial charge in [0, 0.05) is 45.6 Å². The molecule has 0 saturated carbocycles. The lowest BCUT2D eigenvalue weighted by Gasteiger charge is -2.36. The number of rotatable bonds is 5. The normalized spacial score (nSPS) is 17.8. The minimum atomic E-state index is 0. The van der Waals surface area contributed by atoms with Crippen molar-refractivity contribution in [2.75, 3.05) is 33.9 Å². The van der Waals surface area contributed by atoms with Crippen LogP contribution in [0, 0.1) is 0 Å². The van der Waals surface area contributed by atoms with E-state index in [9.17, 15) is 0 Å². The van der Waals surface area contributed by atoms with E-state index in [2.05, 4.69) is 19.8 Å². The van der Waals surface area contributed by atoms with E-state index in [-0.39, 0.29) is 18.4 Å². The van der Waals surface area contributed by atoms with Gasteiger partial charge in [0.1, 0.15) is 5.82 Å². The molecule has 1 aromatic carbocycles. The Balaban J connectivity index is 0.00000225. The van der Waals surface area contributed by atoms with Crippen molar-refractivity contribution in [3.8, 4) is 11.5 Å². The second-order valence-electron chi connectivity index (χ2n) is 5.86. The van der Waals surface area contributed by atoms with E-state index in [4.69, 9.17) is 21.1 Å². The third-order valence-corrected chi connectivity index (χ3v) is 4.86. The van der Waals surface area contributed by atoms with Crippen LogP contribution < -0.4 is 14.8 Å². The topological polar surface area (TPSA) is 51.5 Å². The molecular weight excluding hydrogens is 363 g/mol. The number of aryl methyl sites for hydroxylation is 1. The highest BCUT2D eigenvalue weighted by atomic mass is 35.5. The molecule has 6 nitrogen and oxygen atoms in total. The van der Waals surface area contributed by atoms with E-state index >= 15 is 0 Å². The summed E-state index contributed by atoms with van der Waals surface area (Å²) in [6.07, 6.45) is 3.82. The van der Waals surface area contributed by atoms with Gasteiger partial charge in [-0.15, -0.1) is 12.4 Å². The average molecular weight is 387 g/mol. The summed E-state index contributed by atoms with van der Waals surface area (Å²) >= 11 is 6.55. The second kappa shape index (κ2) is 8.76. The molecular formula is C17H24Cl2N4O2. The summed E-state index contributed by atoms with van der Waals surface area (Å²) in [7, 11) is 5.24. The Hall–Kier alpha value is -1.47. The maximum atomic E-state index is 6.55. The zero-order chi connectivity index (χ0) is 17.1. The first-order valence-electron chi connectivity index (χ1n) is 7.97. The van der Waals surface area contributed by atoms with Crippen LogP contribution in [-0.4, -0.2) is 48.3 Å². The summed E-state index contributed by atoms with van der Waals surface area (Å²) in [5, 5.41) is 4.05. The van der Waals surface area contributed by atoms with Crippen LogP contribution in [0.15, 0.2) is 24.5 Å². The van der Waals surface area contributed by atoms with Crippen molar-refractivity contribution in [1.29, 1.82) is 0 Å². The maximum Gasteiger partial charge on any atom is 0.179 e. The average Bonchev–Trinajstić information content (AvgIpc) is 3.02. The number of ether oxygens (including phenoxy) is 2. The van der Waals surface area contributed by atoms with Crippen LogP contribution in [0.3, 0.4) is 0 Å². The quantitative estimate of drug-likeness (QED) is 0.855. The summed E-state index contributed by atoms with van der Waals surface area (Å²) in [6, 6.07) is 4.11. The Kier molecular flexibility index (Phi) is 6.95. The van der Waals surface area contributed by atoms with E-state index in [1.54, 1.807) is 14.2 Å². The number of benzene rings is 1. The van der Waals surface area contributed by atoms with E-state index in [1.165, 1.54) is 0 Å². The zero-order valence-corrected chi connectivity index (χ0v) is 16.2. The molecule has 138 valence electrons. The van der Waals surface area contributed by atoms with Crippen LogP contribution in [0.25, 0.3) is 0 Å². The van der Waals surface area contributed by atoms with Crippen molar-refractivity contribution in [1.82, 2.24) is 19.8 Å². The molecule has 1 atom stereocenters. The number of nitrogens with one attached hydrogen (secondary N) is 1. The molecule has 1 fully saturated rings. The number of imidazole rings is 1. The molecule has 1 N–H and O–H groups in total. The van der Waals surface area contributed by atoms with Gasteiger partial charge in [-0.1, -0.05) is 17.7 Å². The third-order valence-electron chi connectivity index (χ3n) is 4.45. The number of hydrogen-bond donors (Lipinski definition) is 1. The van der Waals surface area contributed by atoms with Crippen molar-refractivity contribution >= 4 is 24.0 Å². The lowest BCUT2D eigenvalue weighted by atomic mass is 10.1. The van der Waals surface area contributed by atoms with Gasteiger partial charge in [-0.2, -0.15) is 0 Å². The number of hydrogen-bond acceptors (Lipinski definition) is 5. The smallest absolute Gasteiger partial charge is 0.179 e. The Morgan fingerprint density at radius 1 is 1.32 bits per heavy atom. The SMILES string of the molecule is COc1ccc(CN2CCNCC2c2nccn2C)c(Cl)c1OC.Cl. The monoisotopic (exact) mass is 386 g/mol. The fourth-order valence-corrected chi connectivity index (χ4v) is 3.45. The molecule has 2 aromatic rings. The first kappa shape index (κ1) is 19.8. The molecule has 8 heteroatoms. The molecule has 1 aliphatic rings. The van der Waals surface area contributed by atoms with Crippen molar-refractivity contribution in [2.45, 2.75) is 12.6 Å². The number of piperazine rings is 1. The van der Waals surface area contributed by atoms with Gasteiger partial charge in [-0.25, -0.2) is 4.98 Å². The van der Waals surface area contributed by atoms with Gasteiger partial charge >= 0.3 is 0 Å². The minimum Gasteiger partial charge on any atom is -0.493 e. The van der Waals surface area contributed by atoms with Crippen LogP contribution in [0.5, 0.6) is 11.5 Å². The van der Waals surface area contributed by atoms with Gasteiger partial charge < -0.3 is 19.4 Å². The van der Waals surface area contributed by atoms with Crippen molar-refractivity contribution in [2.24, 2.45) is 7.05 Å². The number of methoxy groups -OCH3 is 2. The highest BCUT2D eigenvalue weighted by Gasteiger charge is 2.27. The van der Waals surface area contributed by atoms with E-state index in [1.807, 2.05) is 31.6 Å². The highest BCUT2D eigenvalue weighted by Crippen LogP contribution is 2.38. The Morgan fingerprint density at radius 3 is 2.76 bits per heavy atom. The summed E-state index contributed by atoms with van der Waals surface area (Å²) in [6.45, 7) is 3.49. The van der Waals surface area contributed by atoms with Crippen LogP contribution in [0.1, 0.15) is 17.4 Å². The first-order valence-corrected chi connectivity index (χ1v) is 8.34. The zero-order valence-electron chi connectivity index (χ0n) is 14.7. The maximum absolute atomic E-state index is 6.55. The lowest BCUT2D eigenvalue weighted by molar-refractivity contribution is 0.144. The van der Waals surface area contributed by atoms with Gasteiger partial charge in [0.25, 0.3) is 0 Å². The van der Waals surface area contributed by atoms with Gasteiger partial charge in [-0.05, 0) is 11.6 Å². The fraction of sp³-hybridized carbons (Fsp3) is 0.471. The molecule has 1 aromatic heterocycles. The summed E-state index contributed by atoms with van der Waals surface area (Å²) in [4.78, 5) is 6.91. The Labute approximate surface area is 159 Å². The predicted molar refractivity (Wildman–Crippen MR) is 101 cm³/mol. The van der Waals surface area contributed by atoms with E-state index in [0.717, 1.165) is 37.6 Å². The molecule has 25 heavy (non-hydrogen) atoms. The molecule has 1 saturated heterocycles. The molecule has 1 aliphatic heterocycles. The van der Waals surface area contributed by atoms with E-state index < -0.39 is 0 Å². The van der Waals surface area contributed by atoms with Crippen LogP contribution >= 0.6 is 24.0 Å². The largest absolute Gasteiger partial charge is 0.493 e. The highest BCUT2D eigenvalue weighted by molar-refractivity contribution is 6.33. The molecule has 0 aliphatic carbocycles. The minimum absolute atomic E-state index is 0. The summed E-state index contributed by atoms with van der Waals surface area (Å²) in [5.41, 5.74) is 1.02. The number of aromatic nitrogens is 2. The number of nitrogens with zero attached hydrogens (tertiary/aromatic N) is 3. The van der Waals surface area contributed by atoms with Crippen LogP contribution in [0.2, 0.25) is 5.02 Å². The van der Waals surface area contributed by atoms with Gasteiger partial charge in [0.15, 0.2) is 11.5 Å². The lowest BCUT2D eigenvalue weighted by Crippen LogP contribution is -2.46. The molecule has 0 spiro atoms. The Bertz CT molecular complexity index is 708. The molecule has 2 heterocycles. The van der Waals surface area contributed by atoms with Crippen LogP contribution in [-0.2, 0) is 13.6 Å². The summed E-state index contributed by atoms with van der Waals surface area (Å²) in [5.74, 6) is 2.28. The predicted octanol–water partition coefficient (Wildman–Crippen LogP) is 2.66. The van der Waals surface area contributed by atoms with Gasteiger partial charge in [0.2, 0.25) is 0 Å². The molecule has 0 bridgehead atoms. The van der Waals surface area contributed by atoms with Gasteiger partial charge in [0.05, 0.1) is 25.3 Å². The molecule has 1 unspecified atom stereocenters. The van der Waals surface area contributed by atoms with Crippen molar-refractivity contribution < 1.29 is 9.47 Å². The second-order valence-corrected chi connectivity index (χ2v) is 6.24. The van der Waals surface area contributed by atoms with Gasteiger partial charge in [-0.3, -0.25) is 4.90 Å². The van der Waals surface area contributed by atoms with Crippen LogP contribution in [0.4, 0.5) is 0 Å². The van der Waals surface area contributed by atoms with E-state index in [0.29, 0.717) is 16.5 Å². The first-order chi connectivity index (χ1) is 11.7. The molecule has 3 rings (SSSR count). The molecule has 0 radical (unpaired) electrons. The number of halogens is 2. The molecule has 0 amide bonds. The van der Waals surface area contributed by atoms with Crippen molar-refractivity contribution in [3.05, 3.63) is 40.9 Å². The standard InChI is InChI=1S/C17H23ClN4O2.ClH/c1-21-8-7-20-17(21)13-10-19-6-9-22(13)11-12-4-5-14(23-2)16(24-3)15(12)18;/h4-5,7-8,13,19H,6,9-11H2,1-3H3;1H. The Morgan fingerprint density at radius 2 is 2.12 bits per heavy atom. The third kappa shape index (κ3) is 4.03. The summed E-state index contributed by atoms with van der Waals surface area (Å²) < 4.78 is 12.8. The fourth-order valence-electron chi connectivity index (χ4n) is 3.16.